The quantitative estimate of drug-likeness (QED) is 0.524. The number of benzene rings is 1. The molecular formula is C11H7Cl2F3. The third-order valence-electron chi connectivity index (χ3n) is 1.74. The zero-order valence-corrected chi connectivity index (χ0v) is 9.55. The topological polar surface area (TPSA) is 0 Å². The van der Waals surface area contributed by atoms with Gasteiger partial charge in [-0.25, -0.2) is 0 Å². The van der Waals surface area contributed by atoms with E-state index in [0.29, 0.717) is 12.3 Å². The highest BCUT2D eigenvalue weighted by Crippen LogP contribution is 2.31. The molecule has 0 atom stereocenters. The minimum Gasteiger partial charge on any atom is -0.166 e. The van der Waals surface area contributed by atoms with E-state index in [0.717, 1.165) is 12.1 Å². The number of alkyl halides is 4. The smallest absolute Gasteiger partial charge is 0.166 e. The van der Waals surface area contributed by atoms with Crippen molar-refractivity contribution in [2.24, 2.45) is 0 Å². The highest BCUT2D eigenvalue weighted by molar-refractivity contribution is 6.31. The van der Waals surface area contributed by atoms with Gasteiger partial charge in [-0.15, -0.1) is 11.6 Å². The molecule has 0 aliphatic rings. The van der Waals surface area contributed by atoms with Crippen molar-refractivity contribution in [3.8, 4) is 11.8 Å². The van der Waals surface area contributed by atoms with Gasteiger partial charge >= 0.3 is 6.18 Å². The summed E-state index contributed by atoms with van der Waals surface area (Å²) >= 11 is 11.1. The van der Waals surface area contributed by atoms with E-state index < -0.39 is 11.7 Å². The van der Waals surface area contributed by atoms with Gasteiger partial charge in [-0.3, -0.25) is 0 Å². The van der Waals surface area contributed by atoms with Crippen LogP contribution < -0.4 is 0 Å². The Kier molecular flexibility index (Phi) is 4.52. The van der Waals surface area contributed by atoms with E-state index in [4.69, 9.17) is 23.2 Å². The molecule has 0 radical (unpaired) electrons. The van der Waals surface area contributed by atoms with Crippen LogP contribution in [0.1, 0.15) is 17.5 Å². The van der Waals surface area contributed by atoms with Gasteiger partial charge in [0.25, 0.3) is 0 Å². The number of rotatable bonds is 1. The Morgan fingerprint density at radius 2 is 1.94 bits per heavy atom. The molecule has 1 rings (SSSR count). The third-order valence-corrected chi connectivity index (χ3v) is 2.25. The van der Waals surface area contributed by atoms with Crippen LogP contribution >= 0.6 is 23.2 Å². The Labute approximate surface area is 101 Å². The molecule has 0 N–H and O–H groups in total. The number of hydrogen-bond donors (Lipinski definition) is 0. The maximum atomic E-state index is 12.4. The number of hydrogen-bond acceptors (Lipinski definition) is 0. The molecule has 5 heteroatoms. The van der Waals surface area contributed by atoms with Crippen molar-refractivity contribution in [1.29, 1.82) is 0 Å². The molecule has 0 nitrogen and oxygen atoms in total. The van der Waals surface area contributed by atoms with Gasteiger partial charge in [-0.2, -0.15) is 13.2 Å². The average Bonchev–Trinajstić information content (AvgIpc) is 2.19. The van der Waals surface area contributed by atoms with E-state index in [1.165, 1.54) is 6.07 Å². The lowest BCUT2D eigenvalue weighted by Gasteiger charge is -2.07. The van der Waals surface area contributed by atoms with Crippen LogP contribution in [0.2, 0.25) is 5.02 Å². The number of halogens is 5. The van der Waals surface area contributed by atoms with Crippen molar-refractivity contribution < 1.29 is 13.2 Å². The van der Waals surface area contributed by atoms with Crippen LogP contribution in [0.5, 0.6) is 0 Å². The van der Waals surface area contributed by atoms with E-state index in [1.807, 2.05) is 0 Å². The lowest BCUT2D eigenvalue weighted by molar-refractivity contribution is -0.137. The van der Waals surface area contributed by atoms with E-state index in [2.05, 4.69) is 11.8 Å². The summed E-state index contributed by atoms with van der Waals surface area (Å²) in [5.74, 6) is 5.53. The zero-order chi connectivity index (χ0) is 12.2. The molecule has 1 aromatic carbocycles. The van der Waals surface area contributed by atoms with E-state index in [1.54, 1.807) is 0 Å². The zero-order valence-electron chi connectivity index (χ0n) is 8.04. The fraction of sp³-hybridized carbons (Fsp3) is 0.273. The summed E-state index contributed by atoms with van der Waals surface area (Å²) in [5.41, 5.74) is -0.589. The summed E-state index contributed by atoms with van der Waals surface area (Å²) in [4.78, 5) is 0. The molecule has 0 aromatic heterocycles. The summed E-state index contributed by atoms with van der Waals surface area (Å²) in [7, 11) is 0. The average molecular weight is 267 g/mol. The van der Waals surface area contributed by atoms with Crippen molar-refractivity contribution in [2.75, 3.05) is 5.88 Å². The second kappa shape index (κ2) is 5.47. The second-order valence-corrected chi connectivity index (χ2v) is 3.72. The summed E-state index contributed by atoms with van der Waals surface area (Å²) in [6, 6.07) is 3.05. The first-order valence-electron chi connectivity index (χ1n) is 4.36. The highest BCUT2D eigenvalue weighted by atomic mass is 35.5. The minimum absolute atomic E-state index is 0.168. The summed E-state index contributed by atoms with van der Waals surface area (Å²) in [6.45, 7) is 0. The third kappa shape index (κ3) is 3.62. The molecule has 0 saturated carbocycles. The minimum atomic E-state index is -4.38. The van der Waals surface area contributed by atoms with Crippen LogP contribution in [-0.2, 0) is 6.18 Å². The van der Waals surface area contributed by atoms with Crippen molar-refractivity contribution in [2.45, 2.75) is 12.6 Å². The molecule has 86 valence electrons. The maximum Gasteiger partial charge on any atom is 0.416 e. The van der Waals surface area contributed by atoms with Gasteiger partial charge in [0.15, 0.2) is 0 Å². The van der Waals surface area contributed by atoms with E-state index in [9.17, 15) is 13.2 Å². The standard InChI is InChI=1S/C11H7Cl2F3/c12-6-2-1-3-8-7-9(11(14,15)16)4-5-10(8)13/h4-5,7H,2,6H2. The molecule has 0 fully saturated rings. The molecule has 16 heavy (non-hydrogen) atoms. The van der Waals surface area contributed by atoms with Gasteiger partial charge in [-0.05, 0) is 18.2 Å². The van der Waals surface area contributed by atoms with E-state index >= 15 is 0 Å². The molecule has 0 bridgehead atoms. The Bertz CT molecular complexity index is 427. The monoisotopic (exact) mass is 266 g/mol. The van der Waals surface area contributed by atoms with Gasteiger partial charge in [0.2, 0.25) is 0 Å². The van der Waals surface area contributed by atoms with Crippen LogP contribution in [0.25, 0.3) is 0 Å². The van der Waals surface area contributed by atoms with Gasteiger partial charge in [0.05, 0.1) is 10.6 Å². The van der Waals surface area contributed by atoms with Crippen LogP contribution in [-0.4, -0.2) is 5.88 Å². The Morgan fingerprint density at radius 1 is 1.25 bits per heavy atom. The predicted octanol–water partition coefficient (Wildman–Crippen LogP) is 4.34. The van der Waals surface area contributed by atoms with Crippen molar-refractivity contribution in [3.05, 3.63) is 34.3 Å². The first kappa shape index (κ1) is 13.2. The van der Waals surface area contributed by atoms with Gasteiger partial charge in [0.1, 0.15) is 0 Å². The van der Waals surface area contributed by atoms with Gasteiger partial charge < -0.3 is 0 Å². The second-order valence-electron chi connectivity index (χ2n) is 2.93. The molecule has 0 heterocycles. The van der Waals surface area contributed by atoms with Gasteiger partial charge in [0, 0.05) is 17.9 Å². The SMILES string of the molecule is FC(F)(F)c1ccc(Cl)c(C#CCCCl)c1. The first-order chi connectivity index (χ1) is 7.45. The van der Waals surface area contributed by atoms with Gasteiger partial charge in [-0.1, -0.05) is 23.4 Å². The van der Waals surface area contributed by atoms with Crippen LogP contribution in [0, 0.1) is 11.8 Å². The fourth-order valence-electron chi connectivity index (χ4n) is 1.00. The summed E-state index contributed by atoms with van der Waals surface area (Å²) in [6.07, 6.45) is -3.97. The fourth-order valence-corrected chi connectivity index (χ4v) is 1.26. The highest BCUT2D eigenvalue weighted by Gasteiger charge is 2.30. The van der Waals surface area contributed by atoms with Crippen molar-refractivity contribution in [3.63, 3.8) is 0 Å². The molecule has 0 aliphatic heterocycles. The molecule has 0 unspecified atom stereocenters. The Balaban J connectivity index is 3.06. The Hall–Kier alpha value is -0.850. The lowest BCUT2D eigenvalue weighted by atomic mass is 10.1. The Morgan fingerprint density at radius 3 is 2.50 bits per heavy atom. The largest absolute Gasteiger partial charge is 0.416 e. The predicted molar refractivity (Wildman–Crippen MR) is 58.7 cm³/mol. The molecule has 1 aromatic rings. The molecule has 0 aliphatic carbocycles. The maximum absolute atomic E-state index is 12.4. The molecule has 0 spiro atoms. The first-order valence-corrected chi connectivity index (χ1v) is 5.28. The molecule has 0 amide bonds. The molecule has 0 saturated heterocycles. The normalized spacial score (nSPS) is 10.8. The van der Waals surface area contributed by atoms with Crippen LogP contribution in [0.3, 0.4) is 0 Å². The summed E-state index contributed by atoms with van der Waals surface area (Å²) < 4.78 is 37.1. The van der Waals surface area contributed by atoms with E-state index in [-0.39, 0.29) is 10.6 Å². The molecular weight excluding hydrogens is 260 g/mol. The lowest BCUT2D eigenvalue weighted by Crippen LogP contribution is -2.04. The summed E-state index contributed by atoms with van der Waals surface area (Å²) in [5, 5.41) is 0.204. The van der Waals surface area contributed by atoms with Crippen molar-refractivity contribution >= 4 is 23.2 Å². The van der Waals surface area contributed by atoms with Crippen LogP contribution in [0.4, 0.5) is 13.2 Å². The van der Waals surface area contributed by atoms with Crippen molar-refractivity contribution in [1.82, 2.24) is 0 Å². The van der Waals surface area contributed by atoms with Crippen LogP contribution in [0.15, 0.2) is 18.2 Å².